The largest absolute Gasteiger partial charge is 0.603 e. The number of amides is 2. The zero-order valence-electron chi connectivity index (χ0n) is 21.5. The number of hydrogen-bond acceptors (Lipinski definition) is 9. The molecule has 0 radical (unpaired) electrons. The van der Waals surface area contributed by atoms with Gasteiger partial charge < -0.3 is 24.2 Å². The lowest BCUT2D eigenvalue weighted by Crippen LogP contribution is -3.12. The Labute approximate surface area is 234 Å². The molecule has 2 heterocycles. The molecule has 0 bridgehead atoms. The fourth-order valence-corrected chi connectivity index (χ4v) is 4.31. The molecule has 3 aromatic carbocycles. The highest BCUT2D eigenvalue weighted by molar-refractivity contribution is 5.91. The third-order valence-electron chi connectivity index (χ3n) is 6.30. The summed E-state index contributed by atoms with van der Waals surface area (Å²) in [6.45, 7) is -0.408. The molecule has 2 aliphatic rings. The van der Waals surface area contributed by atoms with E-state index >= 15 is 0 Å². The van der Waals surface area contributed by atoms with Crippen LogP contribution in [0.1, 0.15) is 31.1 Å². The van der Waals surface area contributed by atoms with E-state index in [-0.39, 0.29) is 16.7 Å². The van der Waals surface area contributed by atoms with Crippen LogP contribution in [0, 0.1) is 5.21 Å². The minimum absolute atomic E-state index is 0.201. The number of carbonyl (C=O) groups excluding carboxylic acids is 4. The van der Waals surface area contributed by atoms with Crippen molar-refractivity contribution in [2.24, 2.45) is 0 Å². The average Bonchev–Trinajstić information content (AvgIpc) is 3.33. The van der Waals surface area contributed by atoms with Gasteiger partial charge in [0.05, 0.1) is 22.9 Å². The number of carbonyl (C=O) groups is 4. The molecule has 12 nitrogen and oxygen atoms in total. The van der Waals surface area contributed by atoms with Crippen LogP contribution in [0.3, 0.4) is 0 Å². The molecule has 3 aromatic rings. The van der Waals surface area contributed by atoms with Crippen LogP contribution in [0.15, 0.2) is 103 Å². The fourth-order valence-electron chi connectivity index (χ4n) is 4.31. The Morgan fingerprint density at radius 3 is 1.78 bits per heavy atom. The molecule has 2 aliphatic heterocycles. The van der Waals surface area contributed by atoms with Crippen LogP contribution < -0.4 is 10.6 Å². The van der Waals surface area contributed by atoms with Gasteiger partial charge in [-0.3, -0.25) is 4.90 Å². The molecule has 0 aromatic heterocycles. The second kappa shape index (κ2) is 12.4. The Balaban J connectivity index is 1.46. The highest BCUT2D eigenvalue weighted by atomic mass is 16.7. The van der Waals surface area contributed by atoms with E-state index in [2.05, 4.69) is 5.43 Å². The number of hydrogen-bond donors (Lipinski definition) is 2. The molecule has 1 saturated heterocycles. The molecule has 0 saturated carbocycles. The Hall–Kier alpha value is -5.04. The summed E-state index contributed by atoms with van der Waals surface area (Å²) >= 11 is 0. The SMILES string of the molecule is O=C(OC[C@@H]1O[C@@H](N2C=C[NH+]([O-])NC2=O)[C@@H](OC(=O)c2ccccc2)[C@H]1OC(=O)c1ccccc1)c1ccccc1. The van der Waals surface area contributed by atoms with Crippen molar-refractivity contribution in [3.05, 3.63) is 125 Å². The van der Waals surface area contributed by atoms with Crippen LogP contribution in [-0.4, -0.2) is 60.0 Å². The lowest BCUT2D eigenvalue weighted by molar-refractivity contribution is -0.834. The van der Waals surface area contributed by atoms with E-state index in [1.807, 2.05) is 0 Å². The Bertz CT molecular complexity index is 1420. The zero-order valence-corrected chi connectivity index (χ0v) is 21.5. The van der Waals surface area contributed by atoms with Crippen LogP contribution >= 0.6 is 0 Å². The first-order chi connectivity index (χ1) is 19.9. The third kappa shape index (κ3) is 6.41. The predicted octanol–water partition coefficient (Wildman–Crippen LogP) is 1.81. The summed E-state index contributed by atoms with van der Waals surface area (Å²) in [5.41, 5.74) is 2.82. The van der Waals surface area contributed by atoms with Gasteiger partial charge in [-0.05, 0) is 36.4 Å². The summed E-state index contributed by atoms with van der Waals surface area (Å²) in [4.78, 5) is 52.7. The van der Waals surface area contributed by atoms with Gasteiger partial charge >= 0.3 is 23.9 Å². The highest BCUT2D eigenvalue weighted by Gasteiger charge is 2.54. The number of nitrogens with one attached hydrogen (secondary N) is 2. The summed E-state index contributed by atoms with van der Waals surface area (Å²) in [6, 6.07) is 23.5. The maximum absolute atomic E-state index is 13.1. The zero-order chi connectivity index (χ0) is 28.8. The number of quaternary nitrogens is 1. The predicted molar refractivity (Wildman–Crippen MR) is 141 cm³/mol. The fraction of sp³-hybridized carbons (Fsp3) is 0.172. The van der Waals surface area contributed by atoms with Crippen molar-refractivity contribution in [2.45, 2.75) is 24.5 Å². The highest BCUT2D eigenvalue weighted by Crippen LogP contribution is 2.31. The molecule has 1 unspecified atom stereocenters. The number of urea groups is 1. The van der Waals surface area contributed by atoms with E-state index in [9.17, 15) is 24.4 Å². The lowest BCUT2D eigenvalue weighted by Gasteiger charge is -2.33. The van der Waals surface area contributed by atoms with Crippen LogP contribution in [-0.2, 0) is 18.9 Å². The van der Waals surface area contributed by atoms with Gasteiger partial charge in [-0.15, -0.1) is 0 Å². The van der Waals surface area contributed by atoms with E-state index < -0.39 is 60.3 Å². The van der Waals surface area contributed by atoms with Gasteiger partial charge in [-0.2, -0.15) is 5.43 Å². The van der Waals surface area contributed by atoms with Gasteiger partial charge in [0.1, 0.15) is 18.9 Å². The maximum atomic E-state index is 13.1. The molecule has 1 fully saturated rings. The molecule has 210 valence electrons. The molecule has 12 heteroatoms. The van der Waals surface area contributed by atoms with E-state index in [1.165, 1.54) is 30.5 Å². The summed E-state index contributed by atoms with van der Waals surface area (Å²) < 4.78 is 23.1. The second-order valence-electron chi connectivity index (χ2n) is 9.02. The standard InChI is InChI=1S/C29H25N3O9/c33-26(19-10-4-1-5-11-19)38-18-22-23(40-27(34)20-12-6-2-7-13-20)24(41-28(35)21-14-8-3-9-15-21)25(39-22)31-16-17-32(37)30-29(31)36/h1-17,22-25,32H,18H2,(H,30,36)/t22-,23-,24-,25+/m0/s1. The maximum Gasteiger partial charge on any atom is 0.368 e. The number of nitrogens with zero attached hydrogens (tertiary/aromatic N) is 1. The third-order valence-corrected chi connectivity index (χ3v) is 6.30. The Morgan fingerprint density at radius 1 is 0.780 bits per heavy atom. The van der Waals surface area contributed by atoms with Crippen LogP contribution in [0.4, 0.5) is 4.79 Å². The van der Waals surface area contributed by atoms with E-state index in [1.54, 1.807) is 66.7 Å². The van der Waals surface area contributed by atoms with Crippen molar-refractivity contribution in [1.82, 2.24) is 10.3 Å². The minimum atomic E-state index is -1.38. The Kier molecular flexibility index (Phi) is 8.34. The molecule has 41 heavy (non-hydrogen) atoms. The van der Waals surface area contributed by atoms with Gasteiger partial charge in [0, 0.05) is 0 Å². The van der Waals surface area contributed by atoms with Crippen molar-refractivity contribution in [3.63, 3.8) is 0 Å². The molecule has 5 rings (SSSR count). The quantitative estimate of drug-likeness (QED) is 0.240. The van der Waals surface area contributed by atoms with Crippen molar-refractivity contribution < 1.29 is 43.3 Å². The van der Waals surface area contributed by atoms with Crippen LogP contribution in [0.5, 0.6) is 0 Å². The molecule has 0 spiro atoms. The van der Waals surface area contributed by atoms with Gasteiger partial charge in [0.2, 0.25) is 0 Å². The van der Waals surface area contributed by atoms with Crippen LogP contribution in [0.2, 0.25) is 0 Å². The van der Waals surface area contributed by atoms with Gasteiger partial charge in [0.15, 0.2) is 18.4 Å². The summed E-state index contributed by atoms with van der Waals surface area (Å²) in [5.74, 6) is -2.19. The van der Waals surface area contributed by atoms with Gasteiger partial charge in [-0.25, -0.2) is 24.4 Å². The van der Waals surface area contributed by atoms with E-state index in [4.69, 9.17) is 18.9 Å². The number of ether oxygens (including phenoxy) is 4. The van der Waals surface area contributed by atoms with E-state index in [0.717, 1.165) is 11.1 Å². The molecule has 0 aliphatic carbocycles. The summed E-state index contributed by atoms with van der Waals surface area (Å²) in [7, 11) is 0. The summed E-state index contributed by atoms with van der Waals surface area (Å²) in [5, 5.41) is 11.1. The van der Waals surface area contributed by atoms with Gasteiger partial charge in [0.25, 0.3) is 0 Å². The number of esters is 3. The smallest absolute Gasteiger partial charge is 0.368 e. The monoisotopic (exact) mass is 559 g/mol. The van der Waals surface area contributed by atoms with Crippen molar-refractivity contribution in [3.8, 4) is 0 Å². The Morgan fingerprint density at radius 2 is 1.27 bits per heavy atom. The first-order valence-electron chi connectivity index (χ1n) is 12.6. The summed E-state index contributed by atoms with van der Waals surface area (Å²) in [6.07, 6.45) is -2.94. The number of hydroxylamine groups is 1. The van der Waals surface area contributed by atoms with Crippen LogP contribution in [0.25, 0.3) is 0 Å². The van der Waals surface area contributed by atoms with Crippen molar-refractivity contribution >= 4 is 23.9 Å². The second-order valence-corrected chi connectivity index (χ2v) is 9.02. The molecular formula is C29H25N3O9. The lowest BCUT2D eigenvalue weighted by atomic mass is 10.1. The molecule has 2 N–H and O–H groups in total. The number of rotatable bonds is 8. The van der Waals surface area contributed by atoms with Crippen molar-refractivity contribution in [1.29, 1.82) is 0 Å². The molecule has 2 amide bonds. The normalized spacial score (nSPS) is 23.4. The van der Waals surface area contributed by atoms with E-state index in [0.29, 0.717) is 0 Å². The first-order valence-corrected chi connectivity index (χ1v) is 12.6. The average molecular weight is 560 g/mol. The van der Waals surface area contributed by atoms with Gasteiger partial charge in [-0.1, -0.05) is 54.6 Å². The first kappa shape index (κ1) is 27.5. The number of benzene rings is 3. The minimum Gasteiger partial charge on any atom is -0.603 e. The topological polar surface area (TPSA) is 148 Å². The molecular weight excluding hydrogens is 534 g/mol. The van der Waals surface area contributed by atoms with Crippen molar-refractivity contribution in [2.75, 3.05) is 6.61 Å². The molecule has 5 atom stereocenters.